The van der Waals surface area contributed by atoms with Crippen molar-refractivity contribution in [3.05, 3.63) is 59.5 Å². The highest BCUT2D eigenvalue weighted by molar-refractivity contribution is 7.99. The molecule has 1 aromatic heterocycles. The molecule has 0 aliphatic carbocycles. The second-order valence-corrected chi connectivity index (χ2v) is 22.0. The highest BCUT2D eigenvalue weighted by Gasteiger charge is 2.47. The van der Waals surface area contributed by atoms with Crippen molar-refractivity contribution < 1.29 is 50.8 Å². The van der Waals surface area contributed by atoms with Crippen molar-refractivity contribution in [3.63, 3.8) is 0 Å². The van der Waals surface area contributed by atoms with E-state index < -0.39 is 61.4 Å². The van der Waals surface area contributed by atoms with Crippen LogP contribution in [0.25, 0.3) is 11.4 Å². The number of nitrogens with zero attached hydrogens (tertiary/aromatic N) is 3. The summed E-state index contributed by atoms with van der Waals surface area (Å²) in [6.07, 6.45) is -4.53. The predicted octanol–water partition coefficient (Wildman–Crippen LogP) is 6.62. The minimum atomic E-state index is -4.80. The maximum atomic E-state index is 14.2. The Balaban J connectivity index is 1.37. The molecule has 304 valence electrons. The van der Waals surface area contributed by atoms with Gasteiger partial charge in [-0.05, 0) is 75.5 Å². The fourth-order valence-corrected chi connectivity index (χ4v) is 7.61. The fourth-order valence-electron chi connectivity index (χ4n) is 5.53. The lowest BCUT2D eigenvalue weighted by atomic mass is 10.0. The Kier molecular flexibility index (Phi) is 12.3. The number of anilines is 1. The van der Waals surface area contributed by atoms with Gasteiger partial charge in [-0.3, -0.25) is 25.2 Å². The van der Waals surface area contributed by atoms with Gasteiger partial charge in [0.25, 0.3) is 17.7 Å². The van der Waals surface area contributed by atoms with Gasteiger partial charge in [0.2, 0.25) is 5.82 Å². The number of aromatic nitrogens is 2. The van der Waals surface area contributed by atoms with Crippen LogP contribution in [0.1, 0.15) is 76.2 Å². The van der Waals surface area contributed by atoms with E-state index in [0.29, 0.717) is 35.6 Å². The number of thioether (sulfide) groups is 1. The Hall–Kier alpha value is -4.46. The molecule has 0 saturated carbocycles. The normalized spacial score (nSPS) is 19.2. The van der Waals surface area contributed by atoms with Gasteiger partial charge in [0.15, 0.2) is 13.9 Å². The Morgan fingerprint density at radius 3 is 2.32 bits per heavy atom. The predicted molar refractivity (Wildman–Crippen MR) is 203 cm³/mol. The number of carbonyl (C=O) groups excluding carboxylic acids is 4. The molecule has 2 aliphatic heterocycles. The SMILES string of the molecule is CC(C)(C)OC(=O)N[C@H]1CSc2ccc(C(=O)NNC(=O)C3(CO[Si](C)(C)C(C)(C)C)CCCO3)cc2N(Cc2ccc(-c3noc(C(F)(F)F)n3)cc2)C1=O. The van der Waals surface area contributed by atoms with E-state index in [-0.39, 0.29) is 40.9 Å². The molecule has 19 heteroatoms. The van der Waals surface area contributed by atoms with Gasteiger partial charge in [-0.2, -0.15) is 18.2 Å². The van der Waals surface area contributed by atoms with Gasteiger partial charge in [0.05, 0.1) is 18.8 Å². The van der Waals surface area contributed by atoms with Crippen LogP contribution in [0.15, 0.2) is 51.9 Å². The van der Waals surface area contributed by atoms with Crippen molar-refractivity contribution in [1.82, 2.24) is 26.3 Å². The molecular formula is C37H47F3N6O8SSi. The fraction of sp³-hybridized carbons (Fsp3) is 0.514. The van der Waals surface area contributed by atoms with E-state index in [1.54, 1.807) is 45.0 Å². The van der Waals surface area contributed by atoms with Gasteiger partial charge in [-0.1, -0.05) is 50.2 Å². The summed E-state index contributed by atoms with van der Waals surface area (Å²) in [6.45, 7) is 15.9. The van der Waals surface area contributed by atoms with Gasteiger partial charge in [-0.15, -0.1) is 11.8 Å². The second kappa shape index (κ2) is 16.2. The number of benzene rings is 2. The topological polar surface area (TPSA) is 174 Å². The van der Waals surface area contributed by atoms with Crippen LogP contribution in [0.5, 0.6) is 0 Å². The third-order valence-corrected chi connectivity index (χ3v) is 15.3. The number of ether oxygens (including phenoxy) is 2. The number of rotatable bonds is 9. The molecule has 56 heavy (non-hydrogen) atoms. The van der Waals surface area contributed by atoms with Crippen LogP contribution in [0.4, 0.5) is 23.7 Å². The number of hydrogen-bond acceptors (Lipinski definition) is 11. The van der Waals surface area contributed by atoms with Crippen molar-refractivity contribution in [2.24, 2.45) is 0 Å². The molecule has 2 aliphatic rings. The highest BCUT2D eigenvalue weighted by atomic mass is 32.2. The van der Waals surface area contributed by atoms with Crippen LogP contribution in [-0.4, -0.2) is 78.5 Å². The van der Waals surface area contributed by atoms with E-state index in [9.17, 15) is 32.3 Å². The summed E-state index contributed by atoms with van der Waals surface area (Å²) in [4.78, 5) is 59.5. The summed E-state index contributed by atoms with van der Waals surface area (Å²) in [5.41, 5.74) is 4.16. The number of nitrogens with one attached hydrogen (secondary N) is 3. The van der Waals surface area contributed by atoms with Crippen LogP contribution in [-0.2, 0) is 36.2 Å². The van der Waals surface area contributed by atoms with Crippen molar-refractivity contribution in [2.75, 3.05) is 23.9 Å². The lowest BCUT2D eigenvalue weighted by molar-refractivity contribution is -0.159. The van der Waals surface area contributed by atoms with E-state index in [1.165, 1.54) is 34.9 Å². The van der Waals surface area contributed by atoms with Crippen molar-refractivity contribution in [1.29, 1.82) is 0 Å². The van der Waals surface area contributed by atoms with Gasteiger partial charge in [0, 0.05) is 28.4 Å². The van der Waals surface area contributed by atoms with Crippen molar-refractivity contribution in [3.8, 4) is 11.4 Å². The van der Waals surface area contributed by atoms with Gasteiger partial charge >= 0.3 is 18.2 Å². The molecule has 0 radical (unpaired) electrons. The van der Waals surface area contributed by atoms with E-state index >= 15 is 0 Å². The van der Waals surface area contributed by atoms with Crippen LogP contribution in [0.3, 0.4) is 0 Å². The number of alkyl halides is 3. The second-order valence-electron chi connectivity index (χ2n) is 16.1. The summed E-state index contributed by atoms with van der Waals surface area (Å²) in [7, 11) is -2.23. The maximum Gasteiger partial charge on any atom is 0.471 e. The molecule has 3 N–H and O–H groups in total. The number of fused-ring (bicyclic) bond motifs is 1. The minimum Gasteiger partial charge on any atom is -0.444 e. The lowest BCUT2D eigenvalue weighted by Crippen LogP contribution is -2.57. The molecule has 0 spiro atoms. The van der Waals surface area contributed by atoms with E-state index in [2.05, 4.69) is 64.7 Å². The Morgan fingerprint density at radius 1 is 1.04 bits per heavy atom. The van der Waals surface area contributed by atoms with Crippen molar-refractivity contribution in [2.45, 2.75) is 107 Å². The lowest BCUT2D eigenvalue weighted by Gasteiger charge is -2.39. The molecule has 14 nitrogen and oxygen atoms in total. The van der Waals surface area contributed by atoms with Gasteiger partial charge in [0.1, 0.15) is 11.6 Å². The smallest absolute Gasteiger partial charge is 0.444 e. The molecule has 3 aromatic rings. The molecule has 1 fully saturated rings. The zero-order chi connectivity index (χ0) is 41.3. The zero-order valence-corrected chi connectivity index (χ0v) is 34.3. The minimum absolute atomic E-state index is 0.0432. The standard InChI is InChI=1S/C37H47F3N6O8SSi/c1-34(2,3)53-33(50)41-25-20-55-27-15-14-24(29(47)43-44-31(49)36(16-9-17-51-36)21-52-56(7,8)35(4,5)6)18-26(27)46(30(25)48)19-22-10-12-23(13-11-22)28-42-32(54-45-28)37(38,39)40/h10-15,18,25H,9,16-17,19-21H2,1-8H3,(H,41,50)(H,43,47)(H,44,49)/t25-,36?/m0/s1. The third-order valence-electron chi connectivity index (χ3n) is 9.67. The van der Waals surface area contributed by atoms with Crippen LogP contribution in [0, 0.1) is 0 Å². The average Bonchev–Trinajstić information content (AvgIpc) is 3.79. The molecule has 0 bridgehead atoms. The van der Waals surface area contributed by atoms with Crippen LogP contribution in [0.2, 0.25) is 18.1 Å². The Labute approximate surface area is 328 Å². The molecule has 5 rings (SSSR count). The van der Waals surface area contributed by atoms with Gasteiger partial charge in [-0.25, -0.2) is 4.79 Å². The number of carbonyl (C=O) groups is 4. The monoisotopic (exact) mass is 820 g/mol. The molecular weight excluding hydrogens is 774 g/mol. The summed E-state index contributed by atoms with van der Waals surface area (Å²) in [6, 6.07) is 9.83. The largest absolute Gasteiger partial charge is 0.471 e. The van der Waals surface area contributed by atoms with Crippen LogP contribution >= 0.6 is 11.8 Å². The first-order valence-electron chi connectivity index (χ1n) is 17.9. The zero-order valence-electron chi connectivity index (χ0n) is 32.5. The van der Waals surface area contributed by atoms with E-state index in [0.717, 1.165) is 0 Å². The molecule has 2 atom stereocenters. The Bertz CT molecular complexity index is 1940. The molecule has 4 amide bonds. The first-order valence-corrected chi connectivity index (χ1v) is 21.8. The number of amides is 4. The number of alkyl carbamates (subject to hydrolysis) is 1. The number of hydrazine groups is 1. The molecule has 3 heterocycles. The van der Waals surface area contributed by atoms with Gasteiger partial charge < -0.3 is 28.6 Å². The van der Waals surface area contributed by atoms with E-state index in [4.69, 9.17) is 13.9 Å². The molecule has 2 aromatic carbocycles. The van der Waals surface area contributed by atoms with Crippen molar-refractivity contribution >= 4 is 49.6 Å². The molecule has 1 saturated heterocycles. The highest BCUT2D eigenvalue weighted by Crippen LogP contribution is 2.39. The summed E-state index contributed by atoms with van der Waals surface area (Å²) in [5.74, 6) is -3.32. The summed E-state index contributed by atoms with van der Waals surface area (Å²) < 4.78 is 61.1. The average molecular weight is 821 g/mol. The third kappa shape index (κ3) is 10.1. The summed E-state index contributed by atoms with van der Waals surface area (Å²) >= 11 is 1.28. The maximum absolute atomic E-state index is 14.2. The number of hydrogen-bond donors (Lipinski definition) is 3. The number of halogens is 3. The van der Waals surface area contributed by atoms with E-state index in [1.807, 2.05) is 0 Å². The first kappa shape index (κ1) is 42.7. The first-order chi connectivity index (χ1) is 26.0. The molecule has 1 unspecified atom stereocenters. The Morgan fingerprint density at radius 2 is 1.73 bits per heavy atom. The quantitative estimate of drug-likeness (QED) is 0.156. The summed E-state index contributed by atoms with van der Waals surface area (Å²) in [5, 5.41) is 5.98. The van der Waals surface area contributed by atoms with Crippen LogP contribution < -0.4 is 21.1 Å².